The van der Waals surface area contributed by atoms with Gasteiger partial charge in [0.2, 0.25) is 5.91 Å². The van der Waals surface area contributed by atoms with E-state index in [-0.39, 0.29) is 11.7 Å². The fraction of sp³-hybridized carbons (Fsp3) is 0.360. The van der Waals surface area contributed by atoms with E-state index >= 15 is 0 Å². The van der Waals surface area contributed by atoms with Crippen LogP contribution in [-0.4, -0.2) is 32.0 Å². The smallest absolute Gasteiger partial charge is 0.231 e. The Morgan fingerprint density at radius 2 is 1.76 bits per heavy atom. The molecule has 33 heavy (non-hydrogen) atoms. The van der Waals surface area contributed by atoms with Crippen molar-refractivity contribution in [2.75, 3.05) is 5.75 Å². The van der Waals surface area contributed by atoms with Crippen LogP contribution in [-0.2, 0) is 11.2 Å². The van der Waals surface area contributed by atoms with Gasteiger partial charge in [0.25, 0.3) is 0 Å². The molecule has 1 saturated carbocycles. The fourth-order valence-electron chi connectivity index (χ4n) is 4.17. The number of hydrogen-bond acceptors (Lipinski definition) is 5. The van der Waals surface area contributed by atoms with Crippen molar-refractivity contribution in [1.29, 1.82) is 5.26 Å². The highest BCUT2D eigenvalue weighted by Crippen LogP contribution is 2.28. The molecule has 1 N–H and O–H groups in total. The maximum absolute atomic E-state index is 12.8. The number of aromatic nitrogens is 3. The number of nitrogens with one attached hydrogen (secondary N) is 1. The minimum Gasteiger partial charge on any atom is -0.337 e. The summed E-state index contributed by atoms with van der Waals surface area (Å²) in [6.07, 6.45) is 6.19. The molecule has 0 aliphatic heterocycles. The summed E-state index contributed by atoms with van der Waals surface area (Å²) in [5, 5.41) is 22.8. The zero-order chi connectivity index (χ0) is 23.1. The van der Waals surface area contributed by atoms with Gasteiger partial charge in [0.15, 0.2) is 5.16 Å². The predicted molar refractivity (Wildman–Crippen MR) is 131 cm³/mol. The Hall–Kier alpha value is -2.82. The molecule has 0 spiro atoms. The maximum Gasteiger partial charge on any atom is 0.231 e. The number of carbonyl (C=O) groups is 1. The second-order valence-electron chi connectivity index (χ2n) is 8.32. The minimum absolute atomic E-state index is 0.154. The van der Waals surface area contributed by atoms with E-state index in [4.69, 9.17) is 11.6 Å². The normalized spacial score (nSPS) is 15.4. The summed E-state index contributed by atoms with van der Waals surface area (Å²) in [5.74, 6) is 0.794. The van der Waals surface area contributed by atoms with E-state index in [9.17, 15) is 10.1 Å². The van der Waals surface area contributed by atoms with Crippen LogP contribution >= 0.6 is 23.4 Å². The van der Waals surface area contributed by atoms with Crippen LogP contribution in [0.1, 0.15) is 49.9 Å². The standard InChI is InChI=1S/C25H26ClN5OS/c26-20-10-12-21(13-11-20)31-22(16-19-8-4-3-5-9-19)29-30-24(31)33-17-23(32)28-25(18-27)14-6-1-2-7-15-25/h3-5,8-13H,1-2,6-7,14-17H2,(H,28,32). The maximum atomic E-state index is 12.8. The van der Waals surface area contributed by atoms with Gasteiger partial charge in [-0.3, -0.25) is 9.36 Å². The van der Waals surface area contributed by atoms with Crippen molar-refractivity contribution in [3.05, 3.63) is 71.0 Å². The van der Waals surface area contributed by atoms with E-state index in [0.29, 0.717) is 29.4 Å². The van der Waals surface area contributed by atoms with Crippen molar-refractivity contribution in [3.63, 3.8) is 0 Å². The van der Waals surface area contributed by atoms with Crippen LogP contribution in [0.15, 0.2) is 59.8 Å². The van der Waals surface area contributed by atoms with Crippen LogP contribution in [0, 0.1) is 11.3 Å². The number of benzene rings is 2. The van der Waals surface area contributed by atoms with Gasteiger partial charge in [0.05, 0.1) is 11.8 Å². The molecule has 0 atom stereocenters. The first-order valence-corrected chi connectivity index (χ1v) is 12.5. The lowest BCUT2D eigenvalue weighted by molar-refractivity contribution is -0.120. The monoisotopic (exact) mass is 479 g/mol. The third-order valence-corrected chi connectivity index (χ3v) is 7.05. The highest BCUT2D eigenvalue weighted by atomic mass is 35.5. The Labute approximate surface area is 203 Å². The van der Waals surface area contributed by atoms with Gasteiger partial charge in [0, 0.05) is 17.1 Å². The van der Waals surface area contributed by atoms with Gasteiger partial charge in [-0.2, -0.15) is 5.26 Å². The molecule has 0 unspecified atom stereocenters. The summed E-state index contributed by atoms with van der Waals surface area (Å²) in [6, 6.07) is 19.9. The molecule has 1 aliphatic rings. The second-order valence-corrected chi connectivity index (χ2v) is 9.70. The molecule has 4 rings (SSSR count). The van der Waals surface area contributed by atoms with Crippen molar-refractivity contribution in [2.45, 2.75) is 55.6 Å². The average Bonchev–Trinajstić information content (AvgIpc) is 3.07. The lowest BCUT2D eigenvalue weighted by Gasteiger charge is -2.26. The van der Waals surface area contributed by atoms with E-state index in [1.807, 2.05) is 47.0 Å². The van der Waals surface area contributed by atoms with E-state index in [2.05, 4.69) is 33.7 Å². The fourth-order valence-corrected chi connectivity index (χ4v) is 5.06. The van der Waals surface area contributed by atoms with Crippen LogP contribution in [0.3, 0.4) is 0 Å². The Morgan fingerprint density at radius 3 is 2.42 bits per heavy atom. The van der Waals surface area contributed by atoms with E-state index in [0.717, 1.165) is 42.8 Å². The average molecular weight is 480 g/mol. The molecule has 1 aliphatic carbocycles. The molecule has 0 bridgehead atoms. The largest absolute Gasteiger partial charge is 0.337 e. The molecular weight excluding hydrogens is 454 g/mol. The Bertz CT molecular complexity index is 1120. The van der Waals surface area contributed by atoms with E-state index < -0.39 is 5.54 Å². The summed E-state index contributed by atoms with van der Waals surface area (Å²) in [7, 11) is 0. The first-order chi connectivity index (χ1) is 16.1. The summed E-state index contributed by atoms with van der Waals surface area (Å²) in [6.45, 7) is 0. The molecule has 2 aromatic carbocycles. The zero-order valence-corrected chi connectivity index (χ0v) is 19.9. The second kappa shape index (κ2) is 10.9. The topological polar surface area (TPSA) is 83.6 Å². The van der Waals surface area contributed by atoms with Crippen molar-refractivity contribution in [3.8, 4) is 11.8 Å². The first kappa shape index (κ1) is 23.3. The molecule has 6 nitrogen and oxygen atoms in total. The van der Waals surface area contributed by atoms with Crippen LogP contribution in [0.2, 0.25) is 5.02 Å². The number of amides is 1. The highest BCUT2D eigenvalue weighted by Gasteiger charge is 2.32. The van der Waals surface area contributed by atoms with E-state index in [1.54, 1.807) is 0 Å². The van der Waals surface area contributed by atoms with Crippen LogP contribution in [0.5, 0.6) is 0 Å². The molecule has 170 valence electrons. The Balaban J connectivity index is 1.52. The molecular formula is C25H26ClN5OS. The van der Waals surface area contributed by atoms with Gasteiger partial charge >= 0.3 is 0 Å². The SMILES string of the molecule is N#CC1(NC(=O)CSc2nnc(Cc3ccccc3)n2-c2ccc(Cl)cc2)CCCCCC1. The quantitative estimate of drug-likeness (QED) is 0.365. The van der Waals surface area contributed by atoms with E-state index in [1.165, 1.54) is 11.8 Å². The Morgan fingerprint density at radius 1 is 1.06 bits per heavy atom. The number of rotatable bonds is 7. The minimum atomic E-state index is -0.754. The van der Waals surface area contributed by atoms with Gasteiger partial charge in [-0.1, -0.05) is 79.4 Å². The molecule has 1 heterocycles. The molecule has 1 amide bonds. The van der Waals surface area contributed by atoms with Crippen molar-refractivity contribution in [2.24, 2.45) is 0 Å². The molecule has 0 radical (unpaired) electrons. The lowest BCUT2D eigenvalue weighted by Crippen LogP contribution is -2.47. The number of nitrogens with zero attached hydrogens (tertiary/aromatic N) is 4. The summed E-state index contributed by atoms with van der Waals surface area (Å²) in [5.41, 5.74) is 1.26. The van der Waals surface area contributed by atoms with Gasteiger partial charge < -0.3 is 5.32 Å². The molecule has 8 heteroatoms. The van der Waals surface area contributed by atoms with Gasteiger partial charge in [-0.15, -0.1) is 10.2 Å². The van der Waals surface area contributed by atoms with Crippen molar-refractivity contribution >= 4 is 29.3 Å². The third kappa shape index (κ3) is 5.95. The third-order valence-electron chi connectivity index (χ3n) is 5.87. The Kier molecular flexibility index (Phi) is 7.69. The van der Waals surface area contributed by atoms with Crippen LogP contribution in [0.4, 0.5) is 0 Å². The molecule has 0 saturated heterocycles. The predicted octanol–water partition coefficient (Wildman–Crippen LogP) is 5.34. The van der Waals surface area contributed by atoms with Gasteiger partial charge in [-0.05, 0) is 42.7 Å². The summed E-state index contributed by atoms with van der Waals surface area (Å²) >= 11 is 7.41. The first-order valence-electron chi connectivity index (χ1n) is 11.2. The zero-order valence-electron chi connectivity index (χ0n) is 18.3. The number of carbonyl (C=O) groups excluding carboxylic acids is 1. The lowest BCUT2D eigenvalue weighted by atomic mass is 9.92. The van der Waals surface area contributed by atoms with Gasteiger partial charge in [0.1, 0.15) is 11.4 Å². The summed E-state index contributed by atoms with van der Waals surface area (Å²) in [4.78, 5) is 12.8. The molecule has 1 fully saturated rings. The van der Waals surface area contributed by atoms with Crippen molar-refractivity contribution in [1.82, 2.24) is 20.1 Å². The number of hydrogen-bond donors (Lipinski definition) is 1. The number of nitriles is 1. The van der Waals surface area contributed by atoms with Gasteiger partial charge in [-0.25, -0.2) is 0 Å². The van der Waals surface area contributed by atoms with Crippen molar-refractivity contribution < 1.29 is 4.79 Å². The summed E-state index contributed by atoms with van der Waals surface area (Å²) < 4.78 is 1.97. The van der Waals surface area contributed by atoms with Crippen LogP contribution in [0.25, 0.3) is 5.69 Å². The number of halogens is 1. The van der Waals surface area contributed by atoms with Crippen LogP contribution < -0.4 is 5.32 Å². The molecule has 3 aromatic rings. The highest BCUT2D eigenvalue weighted by molar-refractivity contribution is 7.99. The number of thioether (sulfide) groups is 1. The molecule has 1 aromatic heterocycles.